The van der Waals surface area contributed by atoms with Gasteiger partial charge in [0.2, 0.25) is 0 Å². The van der Waals surface area contributed by atoms with E-state index in [-0.39, 0.29) is 5.91 Å². The minimum Gasteiger partial charge on any atom is -0.494 e. The van der Waals surface area contributed by atoms with Crippen LogP contribution in [0.4, 0.5) is 0 Å². The zero-order valence-corrected chi connectivity index (χ0v) is 17.4. The number of hydrogen-bond donors (Lipinski definition) is 1. The predicted molar refractivity (Wildman–Crippen MR) is 118 cm³/mol. The predicted octanol–water partition coefficient (Wildman–Crippen LogP) is 5.23. The highest BCUT2D eigenvalue weighted by molar-refractivity contribution is 5.97. The average Bonchev–Trinajstić information content (AvgIpc) is 2.75. The van der Waals surface area contributed by atoms with Crippen LogP contribution in [0.5, 0.6) is 11.5 Å². The molecule has 1 amide bonds. The number of benzene rings is 2. The summed E-state index contributed by atoms with van der Waals surface area (Å²) in [7, 11) is 0. The number of hydrogen-bond acceptors (Lipinski definition) is 4. The van der Waals surface area contributed by atoms with E-state index in [0.717, 1.165) is 24.2 Å². The standard InChI is InChI=1S/C24H30N2O3/c1-4-5-9-18-28-22-14-16-23(17-15-22)29-20(3)24(27)26-25-19(2)12-13-21-10-7-6-8-11-21/h6-8,10-17,20H,4-5,9,18H2,1-3H3,(H,26,27). The van der Waals surface area contributed by atoms with Gasteiger partial charge in [0.25, 0.3) is 5.91 Å². The maximum absolute atomic E-state index is 12.2. The molecule has 29 heavy (non-hydrogen) atoms. The lowest BCUT2D eigenvalue weighted by Crippen LogP contribution is -2.33. The molecule has 1 unspecified atom stereocenters. The van der Waals surface area contributed by atoms with Crippen molar-refractivity contribution >= 4 is 17.7 Å². The number of hydrazone groups is 1. The molecule has 0 aliphatic heterocycles. The molecular weight excluding hydrogens is 364 g/mol. The molecule has 0 aliphatic carbocycles. The van der Waals surface area contributed by atoms with Crippen LogP contribution in [-0.2, 0) is 4.79 Å². The molecular formula is C24H30N2O3. The number of carbonyl (C=O) groups excluding carboxylic acids is 1. The summed E-state index contributed by atoms with van der Waals surface area (Å²) in [5.41, 5.74) is 4.30. The van der Waals surface area contributed by atoms with Crippen molar-refractivity contribution in [2.45, 2.75) is 46.1 Å². The molecule has 0 bridgehead atoms. The van der Waals surface area contributed by atoms with Crippen LogP contribution in [0.3, 0.4) is 0 Å². The fraction of sp³-hybridized carbons (Fsp3) is 0.333. The topological polar surface area (TPSA) is 59.9 Å². The van der Waals surface area contributed by atoms with Gasteiger partial charge in [-0.1, -0.05) is 56.2 Å². The number of amides is 1. The van der Waals surface area contributed by atoms with Crippen molar-refractivity contribution in [3.05, 3.63) is 66.2 Å². The summed E-state index contributed by atoms with van der Waals surface area (Å²) in [6.07, 6.45) is 6.51. The van der Waals surface area contributed by atoms with E-state index in [1.807, 2.05) is 61.5 Å². The molecule has 0 heterocycles. The number of allylic oxidation sites excluding steroid dienone is 1. The monoisotopic (exact) mass is 394 g/mol. The Morgan fingerprint density at radius 1 is 1.07 bits per heavy atom. The fourth-order valence-corrected chi connectivity index (χ4v) is 2.47. The van der Waals surface area contributed by atoms with Gasteiger partial charge in [0.1, 0.15) is 11.5 Å². The van der Waals surface area contributed by atoms with Gasteiger partial charge >= 0.3 is 0 Å². The first-order valence-corrected chi connectivity index (χ1v) is 10.0. The van der Waals surface area contributed by atoms with Crippen molar-refractivity contribution < 1.29 is 14.3 Å². The summed E-state index contributed by atoms with van der Waals surface area (Å²) < 4.78 is 11.4. The third-order valence-corrected chi connectivity index (χ3v) is 4.18. The van der Waals surface area contributed by atoms with Crippen LogP contribution in [0, 0.1) is 0 Å². The zero-order chi connectivity index (χ0) is 20.9. The van der Waals surface area contributed by atoms with E-state index in [0.29, 0.717) is 18.1 Å². The second kappa shape index (κ2) is 12.4. The summed E-state index contributed by atoms with van der Waals surface area (Å²) in [6.45, 7) is 6.39. The van der Waals surface area contributed by atoms with E-state index in [1.165, 1.54) is 6.42 Å². The van der Waals surface area contributed by atoms with Crippen LogP contribution in [0.2, 0.25) is 0 Å². The third kappa shape index (κ3) is 8.64. The Labute approximate surface area is 173 Å². The number of unbranched alkanes of at least 4 members (excludes halogenated alkanes) is 2. The SMILES string of the molecule is CCCCCOc1ccc(OC(C)C(=O)NN=C(C)C=Cc2ccccc2)cc1. The molecule has 1 N–H and O–H groups in total. The van der Waals surface area contributed by atoms with E-state index < -0.39 is 6.10 Å². The van der Waals surface area contributed by atoms with E-state index >= 15 is 0 Å². The average molecular weight is 395 g/mol. The molecule has 0 aromatic heterocycles. The van der Waals surface area contributed by atoms with Crippen LogP contribution >= 0.6 is 0 Å². The van der Waals surface area contributed by atoms with E-state index in [9.17, 15) is 4.79 Å². The molecule has 2 rings (SSSR count). The van der Waals surface area contributed by atoms with Crippen molar-refractivity contribution in [1.82, 2.24) is 5.43 Å². The Balaban J connectivity index is 1.78. The van der Waals surface area contributed by atoms with Gasteiger partial charge in [-0.05, 0) is 56.2 Å². The van der Waals surface area contributed by atoms with E-state index in [2.05, 4.69) is 17.5 Å². The minimum atomic E-state index is -0.666. The Kier molecular flexibility index (Phi) is 9.49. The smallest absolute Gasteiger partial charge is 0.280 e. The summed E-state index contributed by atoms with van der Waals surface area (Å²) in [6, 6.07) is 17.2. The Bertz CT molecular complexity index is 799. The lowest BCUT2D eigenvalue weighted by molar-refractivity contribution is -0.127. The first-order valence-electron chi connectivity index (χ1n) is 10.0. The third-order valence-electron chi connectivity index (χ3n) is 4.18. The first kappa shape index (κ1) is 22.2. The van der Waals surface area contributed by atoms with Crippen LogP contribution in [0.15, 0.2) is 65.8 Å². The van der Waals surface area contributed by atoms with Crippen LogP contribution < -0.4 is 14.9 Å². The van der Waals surface area contributed by atoms with E-state index in [4.69, 9.17) is 9.47 Å². The Hall–Kier alpha value is -3.08. The molecule has 0 aliphatic rings. The molecule has 0 saturated heterocycles. The van der Waals surface area contributed by atoms with E-state index in [1.54, 1.807) is 19.1 Å². The summed E-state index contributed by atoms with van der Waals surface area (Å²) in [5, 5.41) is 4.10. The fourth-order valence-electron chi connectivity index (χ4n) is 2.47. The number of nitrogens with zero attached hydrogens (tertiary/aromatic N) is 1. The van der Waals surface area contributed by atoms with Crippen LogP contribution in [0.1, 0.15) is 45.6 Å². The molecule has 154 valence electrons. The summed E-state index contributed by atoms with van der Waals surface area (Å²) >= 11 is 0. The van der Waals surface area contributed by atoms with Crippen molar-refractivity contribution in [2.75, 3.05) is 6.61 Å². The number of rotatable bonds is 11. The first-order chi connectivity index (χ1) is 14.1. The second-order valence-corrected chi connectivity index (χ2v) is 6.76. The van der Waals surface area contributed by atoms with Crippen molar-refractivity contribution in [3.63, 3.8) is 0 Å². The highest BCUT2D eigenvalue weighted by Crippen LogP contribution is 2.19. The summed E-state index contributed by atoms with van der Waals surface area (Å²) in [5.74, 6) is 1.10. The highest BCUT2D eigenvalue weighted by atomic mass is 16.5. The Morgan fingerprint density at radius 3 is 2.45 bits per heavy atom. The largest absolute Gasteiger partial charge is 0.494 e. The van der Waals surface area contributed by atoms with Gasteiger partial charge in [-0.15, -0.1) is 0 Å². The Morgan fingerprint density at radius 2 is 1.76 bits per heavy atom. The van der Waals surface area contributed by atoms with Crippen molar-refractivity contribution in [2.24, 2.45) is 5.10 Å². The highest BCUT2D eigenvalue weighted by Gasteiger charge is 2.14. The molecule has 1 atom stereocenters. The van der Waals surface area contributed by atoms with Gasteiger partial charge in [0.05, 0.1) is 12.3 Å². The summed E-state index contributed by atoms with van der Waals surface area (Å²) in [4.78, 5) is 12.2. The second-order valence-electron chi connectivity index (χ2n) is 6.76. The quantitative estimate of drug-likeness (QED) is 0.323. The van der Waals surface area contributed by atoms with Gasteiger partial charge in [0, 0.05) is 0 Å². The molecule has 5 nitrogen and oxygen atoms in total. The maximum atomic E-state index is 12.2. The van der Waals surface area contributed by atoms with Crippen LogP contribution in [0.25, 0.3) is 6.08 Å². The van der Waals surface area contributed by atoms with Crippen molar-refractivity contribution in [1.29, 1.82) is 0 Å². The normalized spacial score (nSPS) is 12.6. The van der Waals surface area contributed by atoms with Gasteiger partial charge in [0.15, 0.2) is 6.10 Å². The van der Waals surface area contributed by atoms with Gasteiger partial charge in [-0.2, -0.15) is 5.10 Å². The maximum Gasteiger partial charge on any atom is 0.280 e. The number of ether oxygens (including phenoxy) is 2. The lowest BCUT2D eigenvalue weighted by atomic mass is 10.2. The van der Waals surface area contributed by atoms with Gasteiger partial charge in [-0.25, -0.2) is 5.43 Å². The number of nitrogens with one attached hydrogen (secondary N) is 1. The van der Waals surface area contributed by atoms with Gasteiger partial charge < -0.3 is 9.47 Å². The molecule has 2 aromatic rings. The van der Waals surface area contributed by atoms with Crippen LogP contribution in [-0.4, -0.2) is 24.3 Å². The zero-order valence-electron chi connectivity index (χ0n) is 17.4. The van der Waals surface area contributed by atoms with Gasteiger partial charge in [-0.3, -0.25) is 4.79 Å². The van der Waals surface area contributed by atoms with Crippen molar-refractivity contribution in [3.8, 4) is 11.5 Å². The molecule has 0 spiro atoms. The molecule has 0 fully saturated rings. The number of carbonyl (C=O) groups is 1. The molecule has 2 aromatic carbocycles. The minimum absolute atomic E-state index is 0.308. The molecule has 0 saturated carbocycles. The molecule has 5 heteroatoms. The molecule has 0 radical (unpaired) electrons. The lowest BCUT2D eigenvalue weighted by Gasteiger charge is -2.13.